The molecule has 0 aromatic carbocycles. The Bertz CT molecular complexity index is 192. The highest BCUT2D eigenvalue weighted by Crippen LogP contribution is 2.03. The van der Waals surface area contributed by atoms with Crippen molar-refractivity contribution in [2.45, 2.75) is 20.3 Å². The molecule has 0 saturated carbocycles. The maximum absolute atomic E-state index is 10.8. The van der Waals surface area contributed by atoms with Crippen LogP contribution in [0, 0.1) is 0 Å². The van der Waals surface area contributed by atoms with Crippen LogP contribution in [0.4, 0.5) is 0 Å². The predicted molar refractivity (Wildman–Crippen MR) is 41.1 cm³/mol. The van der Waals surface area contributed by atoms with Crippen molar-refractivity contribution in [3.05, 3.63) is 11.6 Å². The molecule has 0 amide bonds. The fourth-order valence-corrected chi connectivity index (χ4v) is 0.657. The first kappa shape index (κ1) is 9.88. The van der Waals surface area contributed by atoms with E-state index in [1.54, 1.807) is 13.0 Å². The first-order chi connectivity index (χ1) is 5.11. The summed E-state index contributed by atoms with van der Waals surface area (Å²) in [5.74, 6) is -0.466. The van der Waals surface area contributed by atoms with Gasteiger partial charge in [-0.05, 0) is 13.8 Å². The molecule has 0 atom stereocenters. The van der Waals surface area contributed by atoms with Crippen LogP contribution < -0.4 is 0 Å². The molecular weight excluding hydrogens is 144 g/mol. The average Bonchev–Trinajstić information content (AvgIpc) is 1.99. The Morgan fingerprint density at radius 2 is 2.00 bits per heavy atom. The van der Waals surface area contributed by atoms with Crippen LogP contribution in [0.5, 0.6) is 0 Å². The summed E-state index contributed by atoms with van der Waals surface area (Å²) in [7, 11) is 1.30. The Labute approximate surface area is 66.0 Å². The summed E-state index contributed by atoms with van der Waals surface area (Å²) in [4.78, 5) is 21.4. The molecule has 3 nitrogen and oxygen atoms in total. The third-order valence-electron chi connectivity index (χ3n) is 1.36. The molecule has 0 rings (SSSR count). The Morgan fingerprint density at radius 1 is 1.45 bits per heavy atom. The third kappa shape index (κ3) is 3.55. The second-order valence-electron chi connectivity index (χ2n) is 2.12. The lowest BCUT2D eigenvalue weighted by molar-refractivity contribution is -0.140. The Morgan fingerprint density at radius 3 is 2.27 bits per heavy atom. The SMILES string of the molecule is CC=C(CC(=O)OC)C(C)=O. The number of carbonyl (C=O) groups is 2. The van der Waals surface area contributed by atoms with E-state index < -0.39 is 0 Å². The lowest BCUT2D eigenvalue weighted by Gasteiger charge is -1.99. The van der Waals surface area contributed by atoms with Gasteiger partial charge in [0.05, 0.1) is 13.5 Å². The summed E-state index contributed by atoms with van der Waals surface area (Å²) in [6, 6.07) is 0. The number of hydrogen-bond acceptors (Lipinski definition) is 3. The molecule has 0 N–H and O–H groups in total. The van der Waals surface area contributed by atoms with Gasteiger partial charge in [-0.2, -0.15) is 0 Å². The highest BCUT2D eigenvalue weighted by molar-refractivity contribution is 5.97. The molecule has 3 heteroatoms. The monoisotopic (exact) mass is 156 g/mol. The van der Waals surface area contributed by atoms with Crippen LogP contribution in [-0.4, -0.2) is 18.9 Å². The fourth-order valence-electron chi connectivity index (χ4n) is 0.657. The van der Waals surface area contributed by atoms with Crippen LogP contribution >= 0.6 is 0 Å². The lowest BCUT2D eigenvalue weighted by atomic mass is 10.1. The van der Waals surface area contributed by atoms with Gasteiger partial charge in [-0.1, -0.05) is 6.08 Å². The summed E-state index contributed by atoms with van der Waals surface area (Å²) in [6.45, 7) is 3.15. The molecule has 0 aliphatic heterocycles. The number of ketones is 1. The molecule has 62 valence electrons. The topological polar surface area (TPSA) is 43.4 Å². The van der Waals surface area contributed by atoms with Gasteiger partial charge in [-0.25, -0.2) is 0 Å². The molecule has 11 heavy (non-hydrogen) atoms. The molecule has 0 radical (unpaired) electrons. The minimum Gasteiger partial charge on any atom is -0.469 e. The Balaban J connectivity index is 4.12. The predicted octanol–water partition coefficient (Wildman–Crippen LogP) is 1.08. The van der Waals surface area contributed by atoms with E-state index in [-0.39, 0.29) is 18.2 Å². The van der Waals surface area contributed by atoms with Crippen LogP contribution in [-0.2, 0) is 14.3 Å². The number of rotatable bonds is 3. The third-order valence-corrected chi connectivity index (χ3v) is 1.36. The van der Waals surface area contributed by atoms with Gasteiger partial charge in [-0.15, -0.1) is 0 Å². The van der Waals surface area contributed by atoms with Crippen LogP contribution in [0.3, 0.4) is 0 Å². The molecule has 0 heterocycles. The summed E-state index contributed by atoms with van der Waals surface area (Å²) < 4.78 is 4.40. The Hall–Kier alpha value is -1.12. The minimum absolute atomic E-state index is 0.0718. The quantitative estimate of drug-likeness (QED) is 0.453. The van der Waals surface area contributed by atoms with Gasteiger partial charge < -0.3 is 4.74 Å². The van der Waals surface area contributed by atoms with Gasteiger partial charge in [0.25, 0.3) is 0 Å². The summed E-state index contributed by atoms with van der Waals surface area (Å²) in [6.07, 6.45) is 1.70. The molecule has 0 aliphatic rings. The summed E-state index contributed by atoms with van der Waals surface area (Å²) in [5, 5.41) is 0. The minimum atomic E-state index is -0.381. The van der Waals surface area contributed by atoms with E-state index in [2.05, 4.69) is 4.74 Å². The first-order valence-corrected chi connectivity index (χ1v) is 3.34. The zero-order chi connectivity index (χ0) is 8.85. The largest absolute Gasteiger partial charge is 0.469 e. The van der Waals surface area contributed by atoms with Gasteiger partial charge in [0.15, 0.2) is 5.78 Å². The van der Waals surface area contributed by atoms with E-state index >= 15 is 0 Å². The average molecular weight is 156 g/mol. The van der Waals surface area contributed by atoms with Crippen molar-refractivity contribution in [3.8, 4) is 0 Å². The van der Waals surface area contributed by atoms with E-state index in [0.717, 1.165) is 0 Å². The van der Waals surface area contributed by atoms with Gasteiger partial charge in [0.1, 0.15) is 0 Å². The molecule has 0 bridgehead atoms. The van der Waals surface area contributed by atoms with Crippen LogP contribution in [0.15, 0.2) is 11.6 Å². The molecular formula is C8H12O3. The zero-order valence-corrected chi connectivity index (χ0v) is 7.01. The van der Waals surface area contributed by atoms with Crippen molar-refractivity contribution in [1.82, 2.24) is 0 Å². The standard InChI is InChI=1S/C8H12O3/c1-4-7(6(2)9)5-8(10)11-3/h4H,5H2,1-3H3. The maximum Gasteiger partial charge on any atom is 0.310 e. The van der Waals surface area contributed by atoms with Crippen molar-refractivity contribution < 1.29 is 14.3 Å². The van der Waals surface area contributed by atoms with Crippen molar-refractivity contribution >= 4 is 11.8 Å². The van der Waals surface area contributed by atoms with Gasteiger partial charge >= 0.3 is 5.97 Å². The number of ether oxygens (including phenoxy) is 1. The summed E-state index contributed by atoms with van der Waals surface area (Å²) >= 11 is 0. The normalized spacial score (nSPS) is 11.0. The molecule has 0 aromatic heterocycles. The number of allylic oxidation sites excluding steroid dienone is 1. The van der Waals surface area contributed by atoms with Crippen molar-refractivity contribution in [1.29, 1.82) is 0 Å². The molecule has 0 aliphatic carbocycles. The molecule has 0 unspecified atom stereocenters. The molecule has 0 saturated heterocycles. The molecule has 0 spiro atoms. The maximum atomic E-state index is 10.8. The van der Waals surface area contributed by atoms with Crippen molar-refractivity contribution in [3.63, 3.8) is 0 Å². The van der Waals surface area contributed by atoms with Crippen molar-refractivity contribution in [2.75, 3.05) is 7.11 Å². The smallest absolute Gasteiger partial charge is 0.310 e. The number of Topliss-reactive ketones (excluding diaryl/α,β-unsaturated/α-hetero) is 1. The number of methoxy groups -OCH3 is 1. The van der Waals surface area contributed by atoms with E-state index in [1.165, 1.54) is 14.0 Å². The van der Waals surface area contributed by atoms with Gasteiger partial charge in [-0.3, -0.25) is 9.59 Å². The van der Waals surface area contributed by atoms with Crippen LogP contribution in [0.1, 0.15) is 20.3 Å². The highest BCUT2D eigenvalue weighted by Gasteiger charge is 2.08. The van der Waals surface area contributed by atoms with Crippen LogP contribution in [0.2, 0.25) is 0 Å². The fraction of sp³-hybridized carbons (Fsp3) is 0.500. The highest BCUT2D eigenvalue weighted by atomic mass is 16.5. The van der Waals surface area contributed by atoms with Crippen molar-refractivity contribution in [2.24, 2.45) is 0 Å². The van der Waals surface area contributed by atoms with Crippen LogP contribution in [0.25, 0.3) is 0 Å². The second-order valence-corrected chi connectivity index (χ2v) is 2.12. The number of carbonyl (C=O) groups excluding carboxylic acids is 2. The molecule has 0 fully saturated rings. The van der Waals surface area contributed by atoms with E-state index in [1.807, 2.05) is 0 Å². The number of esters is 1. The summed E-state index contributed by atoms with van der Waals surface area (Å²) in [5.41, 5.74) is 0.497. The van der Waals surface area contributed by atoms with Gasteiger partial charge in [0.2, 0.25) is 0 Å². The number of hydrogen-bond donors (Lipinski definition) is 0. The first-order valence-electron chi connectivity index (χ1n) is 3.34. The molecule has 0 aromatic rings. The van der Waals surface area contributed by atoms with E-state index in [0.29, 0.717) is 5.57 Å². The van der Waals surface area contributed by atoms with Gasteiger partial charge in [0, 0.05) is 5.57 Å². The van der Waals surface area contributed by atoms with E-state index in [4.69, 9.17) is 0 Å². The second kappa shape index (κ2) is 4.66. The Kier molecular flexibility index (Phi) is 4.18. The van der Waals surface area contributed by atoms with E-state index in [9.17, 15) is 9.59 Å². The zero-order valence-electron chi connectivity index (χ0n) is 7.01. The lowest BCUT2D eigenvalue weighted by Crippen LogP contribution is -2.06.